The number of nitriles is 1. The predicted molar refractivity (Wildman–Crippen MR) is 120 cm³/mol. The summed E-state index contributed by atoms with van der Waals surface area (Å²) in [6.07, 6.45) is 5.73. The van der Waals surface area contributed by atoms with Gasteiger partial charge in [0.1, 0.15) is 17.4 Å². The zero-order chi connectivity index (χ0) is 21.8. The third kappa shape index (κ3) is 3.22. The highest BCUT2D eigenvalue weighted by Crippen LogP contribution is 2.46. The maximum atomic E-state index is 12.6. The van der Waals surface area contributed by atoms with Crippen LogP contribution in [0.2, 0.25) is 0 Å². The summed E-state index contributed by atoms with van der Waals surface area (Å²) in [4.78, 5) is 26.2. The monoisotopic (exact) mass is 427 g/mol. The van der Waals surface area contributed by atoms with Gasteiger partial charge in [0.2, 0.25) is 5.91 Å². The number of oxazole rings is 1. The second-order valence-electron chi connectivity index (χ2n) is 9.29. The molecule has 162 valence electrons. The van der Waals surface area contributed by atoms with Crippen molar-refractivity contribution in [1.82, 2.24) is 14.9 Å². The summed E-state index contributed by atoms with van der Waals surface area (Å²) < 4.78 is 5.68. The first-order valence-electron chi connectivity index (χ1n) is 11.5. The number of amides is 1. The van der Waals surface area contributed by atoms with E-state index >= 15 is 0 Å². The third-order valence-electron chi connectivity index (χ3n) is 6.90. The third-order valence-corrected chi connectivity index (χ3v) is 6.90. The Morgan fingerprint density at radius 2 is 2.03 bits per heavy atom. The number of carbonyl (C=O) groups is 1. The molecule has 3 aromatic rings. The van der Waals surface area contributed by atoms with E-state index in [4.69, 9.17) is 9.40 Å². The lowest BCUT2D eigenvalue weighted by Gasteiger charge is -2.41. The van der Waals surface area contributed by atoms with Crippen LogP contribution in [0.25, 0.3) is 22.2 Å². The lowest BCUT2D eigenvalue weighted by atomic mass is 9.98. The zero-order valence-electron chi connectivity index (χ0n) is 18.1. The Morgan fingerprint density at radius 1 is 1.19 bits per heavy atom. The van der Waals surface area contributed by atoms with Crippen molar-refractivity contribution in [3.63, 3.8) is 0 Å². The van der Waals surface area contributed by atoms with E-state index in [1.54, 1.807) is 0 Å². The Bertz CT molecular complexity index is 1250. The number of para-hydroxylation sites is 1. The number of piperazine rings is 1. The molecule has 0 N–H and O–H groups in total. The van der Waals surface area contributed by atoms with E-state index in [9.17, 15) is 10.1 Å². The molecule has 1 amide bonds. The van der Waals surface area contributed by atoms with Gasteiger partial charge in [0, 0.05) is 48.6 Å². The summed E-state index contributed by atoms with van der Waals surface area (Å²) in [5.41, 5.74) is 5.03. The molecule has 32 heavy (non-hydrogen) atoms. The summed E-state index contributed by atoms with van der Waals surface area (Å²) in [6, 6.07) is 10.4. The number of fused-ring (bicyclic) bond motifs is 1. The number of hydrogen-bond donors (Lipinski definition) is 0. The largest absolute Gasteiger partial charge is 0.443 e. The van der Waals surface area contributed by atoms with Crippen LogP contribution >= 0.6 is 0 Å². The molecule has 1 atom stereocenters. The van der Waals surface area contributed by atoms with Crippen molar-refractivity contribution in [1.29, 1.82) is 5.26 Å². The first kappa shape index (κ1) is 19.3. The second-order valence-corrected chi connectivity index (χ2v) is 9.29. The van der Waals surface area contributed by atoms with Gasteiger partial charge in [0.05, 0.1) is 11.3 Å². The topological polar surface area (TPSA) is 86.3 Å². The minimum atomic E-state index is 0.109. The lowest BCUT2D eigenvalue weighted by Crippen LogP contribution is -2.54. The quantitative estimate of drug-likeness (QED) is 0.623. The molecule has 2 aromatic heterocycles. The van der Waals surface area contributed by atoms with E-state index < -0.39 is 0 Å². The van der Waals surface area contributed by atoms with Gasteiger partial charge in [-0.15, -0.1) is 0 Å². The van der Waals surface area contributed by atoms with Crippen molar-refractivity contribution in [2.45, 2.75) is 44.6 Å². The normalized spacial score (nSPS) is 21.1. The molecule has 7 heteroatoms. The lowest BCUT2D eigenvalue weighted by molar-refractivity contribution is -0.134. The van der Waals surface area contributed by atoms with Crippen LogP contribution in [0.1, 0.15) is 49.8 Å². The van der Waals surface area contributed by atoms with Crippen molar-refractivity contribution in [3.05, 3.63) is 41.9 Å². The summed E-state index contributed by atoms with van der Waals surface area (Å²) >= 11 is 0. The van der Waals surface area contributed by atoms with Crippen LogP contribution in [-0.2, 0) is 4.79 Å². The van der Waals surface area contributed by atoms with Gasteiger partial charge in [-0.2, -0.15) is 5.26 Å². The molecular weight excluding hydrogens is 402 g/mol. The van der Waals surface area contributed by atoms with Crippen LogP contribution in [0.4, 0.5) is 5.82 Å². The number of benzene rings is 1. The van der Waals surface area contributed by atoms with Gasteiger partial charge in [-0.05, 0) is 44.7 Å². The Balaban J connectivity index is 1.38. The van der Waals surface area contributed by atoms with Gasteiger partial charge >= 0.3 is 0 Å². The molecule has 7 nitrogen and oxygen atoms in total. The number of hydrogen-bond acceptors (Lipinski definition) is 6. The second kappa shape index (κ2) is 7.33. The first-order chi connectivity index (χ1) is 15.6. The number of nitrogens with zero attached hydrogens (tertiary/aromatic N) is 5. The summed E-state index contributed by atoms with van der Waals surface area (Å²) in [6.45, 7) is 4.17. The maximum Gasteiger partial charge on any atom is 0.226 e. The zero-order valence-corrected chi connectivity index (χ0v) is 18.1. The van der Waals surface area contributed by atoms with Gasteiger partial charge in [-0.3, -0.25) is 4.79 Å². The van der Waals surface area contributed by atoms with Crippen LogP contribution in [0.5, 0.6) is 0 Å². The predicted octanol–water partition coefficient (Wildman–Crippen LogP) is 4.09. The highest BCUT2D eigenvalue weighted by Gasteiger charge is 2.38. The molecule has 0 radical (unpaired) electrons. The molecule has 1 aliphatic heterocycles. The number of carbonyl (C=O) groups excluding carboxylic acids is 1. The molecule has 0 bridgehead atoms. The summed E-state index contributed by atoms with van der Waals surface area (Å²) in [5, 5.41) is 10.0. The fraction of sp³-hybridized carbons (Fsp3) is 0.440. The van der Waals surface area contributed by atoms with E-state index in [2.05, 4.69) is 22.9 Å². The standard InChI is InChI=1S/C25H25N5O2/c1-15-13-29(9-10-30(15)25(31)17-7-8-17)24-18(12-26)11-20(22(28-24)16-5-6-16)19-3-2-4-21-23(19)32-14-27-21/h2-4,11,14-17H,5-10,13H2,1H3. The smallest absolute Gasteiger partial charge is 0.226 e. The van der Waals surface area contributed by atoms with E-state index in [1.165, 1.54) is 6.39 Å². The van der Waals surface area contributed by atoms with Crippen molar-refractivity contribution < 1.29 is 9.21 Å². The molecule has 2 saturated carbocycles. The fourth-order valence-electron chi connectivity index (χ4n) is 4.86. The first-order valence-corrected chi connectivity index (χ1v) is 11.5. The molecular formula is C25H25N5O2. The van der Waals surface area contributed by atoms with Crippen molar-refractivity contribution in [2.24, 2.45) is 5.92 Å². The van der Waals surface area contributed by atoms with Gasteiger partial charge in [-0.25, -0.2) is 9.97 Å². The Hall–Kier alpha value is -3.40. The Kier molecular flexibility index (Phi) is 4.42. The van der Waals surface area contributed by atoms with Crippen LogP contribution in [0.15, 0.2) is 35.1 Å². The fourth-order valence-corrected chi connectivity index (χ4v) is 4.86. The van der Waals surface area contributed by atoms with E-state index in [0.717, 1.165) is 59.4 Å². The number of rotatable bonds is 4. The van der Waals surface area contributed by atoms with E-state index in [1.807, 2.05) is 29.2 Å². The van der Waals surface area contributed by atoms with Crippen molar-refractivity contribution in [3.8, 4) is 17.2 Å². The van der Waals surface area contributed by atoms with Crippen molar-refractivity contribution in [2.75, 3.05) is 24.5 Å². The molecule has 0 spiro atoms. The minimum Gasteiger partial charge on any atom is -0.443 e. The summed E-state index contributed by atoms with van der Waals surface area (Å²) in [5.74, 6) is 1.68. The average Bonchev–Trinajstić information content (AvgIpc) is 3.74. The number of aromatic nitrogens is 2. The molecule has 3 fully saturated rings. The van der Waals surface area contributed by atoms with Crippen molar-refractivity contribution >= 4 is 22.8 Å². The van der Waals surface area contributed by atoms with E-state index in [0.29, 0.717) is 37.0 Å². The van der Waals surface area contributed by atoms with Gasteiger partial charge in [-0.1, -0.05) is 12.1 Å². The number of pyridine rings is 1. The van der Waals surface area contributed by atoms with Gasteiger partial charge in [0.25, 0.3) is 0 Å². The number of anilines is 1. The summed E-state index contributed by atoms with van der Waals surface area (Å²) in [7, 11) is 0. The molecule has 3 aliphatic rings. The molecule has 1 aromatic carbocycles. The van der Waals surface area contributed by atoms with Gasteiger partial charge < -0.3 is 14.2 Å². The van der Waals surface area contributed by atoms with Crippen LogP contribution in [0, 0.1) is 17.2 Å². The van der Waals surface area contributed by atoms with Gasteiger partial charge in [0.15, 0.2) is 12.0 Å². The molecule has 1 saturated heterocycles. The van der Waals surface area contributed by atoms with Crippen LogP contribution in [0.3, 0.4) is 0 Å². The molecule has 1 unspecified atom stereocenters. The molecule has 3 heterocycles. The average molecular weight is 428 g/mol. The van der Waals surface area contributed by atoms with Crippen LogP contribution < -0.4 is 4.90 Å². The Labute approximate surface area is 186 Å². The maximum absolute atomic E-state index is 12.6. The van der Waals surface area contributed by atoms with Crippen LogP contribution in [-0.4, -0.2) is 46.5 Å². The highest BCUT2D eigenvalue weighted by molar-refractivity contribution is 5.91. The van der Waals surface area contributed by atoms with E-state index in [-0.39, 0.29) is 12.0 Å². The Morgan fingerprint density at radius 3 is 2.75 bits per heavy atom. The molecule has 2 aliphatic carbocycles. The SMILES string of the molecule is CC1CN(c2nc(C3CC3)c(-c3cccc4ncoc34)cc2C#N)CCN1C(=O)C1CC1. The molecule has 6 rings (SSSR count). The highest BCUT2D eigenvalue weighted by atomic mass is 16.3. The minimum absolute atomic E-state index is 0.109.